The average Bonchev–Trinajstić information content (AvgIpc) is 3.36. The molecular formula is C17H17N5OS. The maximum absolute atomic E-state index is 12.6. The first kappa shape index (κ1) is 15.0. The van der Waals surface area contributed by atoms with Crippen molar-refractivity contribution in [2.75, 3.05) is 5.32 Å². The van der Waals surface area contributed by atoms with Crippen LogP contribution in [0.25, 0.3) is 11.3 Å². The minimum absolute atomic E-state index is 0.132. The number of hydrogen-bond donors (Lipinski definition) is 2. The Balaban J connectivity index is 1.51. The third kappa shape index (κ3) is 2.94. The minimum atomic E-state index is -0.132. The molecule has 0 bridgehead atoms. The number of H-pyrrole nitrogens is 1. The molecule has 0 aliphatic heterocycles. The van der Waals surface area contributed by atoms with Crippen LogP contribution >= 0.6 is 11.3 Å². The van der Waals surface area contributed by atoms with E-state index in [0.29, 0.717) is 16.6 Å². The van der Waals surface area contributed by atoms with Crippen molar-refractivity contribution in [3.63, 3.8) is 0 Å². The third-order valence-corrected chi connectivity index (χ3v) is 5.19. The van der Waals surface area contributed by atoms with E-state index in [1.165, 1.54) is 24.2 Å². The van der Waals surface area contributed by atoms with Gasteiger partial charge >= 0.3 is 0 Å². The van der Waals surface area contributed by atoms with Crippen molar-refractivity contribution in [3.8, 4) is 11.3 Å². The summed E-state index contributed by atoms with van der Waals surface area (Å²) in [6.07, 6.45) is 8.13. The third-order valence-electron chi connectivity index (χ3n) is 4.35. The van der Waals surface area contributed by atoms with E-state index in [9.17, 15) is 4.79 Å². The number of carbonyl (C=O) groups is 1. The summed E-state index contributed by atoms with van der Waals surface area (Å²) in [5, 5.41) is 9.99. The van der Waals surface area contributed by atoms with Crippen LogP contribution in [-0.4, -0.2) is 26.1 Å². The van der Waals surface area contributed by atoms with Crippen molar-refractivity contribution in [3.05, 3.63) is 46.7 Å². The molecular weight excluding hydrogens is 322 g/mol. The maximum Gasteiger partial charge on any atom is 0.268 e. The molecule has 1 saturated carbocycles. The highest BCUT2D eigenvalue weighted by Gasteiger charge is 2.25. The average molecular weight is 339 g/mol. The minimum Gasteiger partial charge on any atom is -0.304 e. The topological polar surface area (TPSA) is 83.6 Å². The van der Waals surface area contributed by atoms with Crippen molar-refractivity contribution in [2.45, 2.75) is 31.6 Å². The van der Waals surface area contributed by atoms with Gasteiger partial charge in [0.05, 0.1) is 16.9 Å². The van der Waals surface area contributed by atoms with Gasteiger partial charge in [-0.1, -0.05) is 12.8 Å². The molecule has 3 heterocycles. The summed E-state index contributed by atoms with van der Waals surface area (Å²) in [7, 11) is 0. The molecule has 4 rings (SSSR count). The molecule has 3 aromatic heterocycles. The first-order valence-corrected chi connectivity index (χ1v) is 8.90. The van der Waals surface area contributed by atoms with Crippen LogP contribution in [0, 0.1) is 0 Å². The van der Waals surface area contributed by atoms with Crippen LogP contribution in [0.15, 0.2) is 36.1 Å². The van der Waals surface area contributed by atoms with Crippen LogP contribution in [0.2, 0.25) is 0 Å². The summed E-state index contributed by atoms with van der Waals surface area (Å²) in [4.78, 5) is 21.7. The molecule has 0 spiro atoms. The summed E-state index contributed by atoms with van der Waals surface area (Å²) in [6.45, 7) is 0. The van der Waals surface area contributed by atoms with Gasteiger partial charge in [0.15, 0.2) is 5.82 Å². The number of anilines is 1. The lowest BCUT2D eigenvalue weighted by molar-refractivity contribution is 0.102. The number of aromatic amines is 1. The fraction of sp³-hybridized carbons (Fsp3) is 0.294. The first-order chi connectivity index (χ1) is 11.8. The number of carbonyl (C=O) groups excluding carboxylic acids is 1. The number of rotatable bonds is 4. The van der Waals surface area contributed by atoms with Crippen LogP contribution in [0.4, 0.5) is 5.82 Å². The van der Waals surface area contributed by atoms with Crippen molar-refractivity contribution >= 4 is 23.1 Å². The van der Waals surface area contributed by atoms with Gasteiger partial charge in [-0.05, 0) is 25.0 Å². The van der Waals surface area contributed by atoms with Gasteiger partial charge in [-0.3, -0.25) is 14.9 Å². The lowest BCUT2D eigenvalue weighted by Gasteiger charge is -2.08. The van der Waals surface area contributed by atoms with E-state index in [1.54, 1.807) is 17.9 Å². The van der Waals surface area contributed by atoms with Gasteiger partial charge in [-0.25, -0.2) is 4.98 Å². The quantitative estimate of drug-likeness (QED) is 0.756. The standard InChI is InChI=1S/C17H17N5OS/c23-17(16-15(19-10-24-16)12-3-1-2-4-12)20-14-9-13(21-22-14)11-5-7-18-8-6-11/h5-10,12H,1-4H2,(H2,20,21,22,23). The molecule has 7 heteroatoms. The molecule has 0 unspecified atom stereocenters. The normalized spacial score (nSPS) is 14.8. The smallest absolute Gasteiger partial charge is 0.268 e. The fourth-order valence-electron chi connectivity index (χ4n) is 3.15. The van der Waals surface area contributed by atoms with Crippen LogP contribution < -0.4 is 5.32 Å². The molecule has 1 aliphatic rings. The van der Waals surface area contributed by atoms with E-state index in [4.69, 9.17) is 0 Å². The molecule has 24 heavy (non-hydrogen) atoms. The van der Waals surface area contributed by atoms with E-state index in [-0.39, 0.29) is 5.91 Å². The zero-order chi connectivity index (χ0) is 16.4. The zero-order valence-corrected chi connectivity index (χ0v) is 13.8. The van der Waals surface area contributed by atoms with Gasteiger partial charge in [0.2, 0.25) is 0 Å². The Morgan fingerprint density at radius 1 is 1.25 bits per heavy atom. The summed E-state index contributed by atoms with van der Waals surface area (Å²) in [5.41, 5.74) is 4.52. The summed E-state index contributed by atoms with van der Waals surface area (Å²) >= 11 is 1.40. The lowest BCUT2D eigenvalue weighted by atomic mass is 10.0. The van der Waals surface area contributed by atoms with E-state index in [1.807, 2.05) is 18.2 Å². The van der Waals surface area contributed by atoms with Crippen LogP contribution in [0.5, 0.6) is 0 Å². The first-order valence-electron chi connectivity index (χ1n) is 8.02. The van der Waals surface area contributed by atoms with E-state index < -0.39 is 0 Å². The van der Waals surface area contributed by atoms with Crippen LogP contribution in [-0.2, 0) is 0 Å². The van der Waals surface area contributed by atoms with Gasteiger partial charge < -0.3 is 5.32 Å². The van der Waals surface area contributed by atoms with E-state index in [0.717, 1.165) is 29.8 Å². The van der Waals surface area contributed by atoms with Gasteiger partial charge in [0.25, 0.3) is 5.91 Å². The zero-order valence-electron chi connectivity index (χ0n) is 13.0. The predicted molar refractivity (Wildman–Crippen MR) is 93.1 cm³/mol. The maximum atomic E-state index is 12.6. The van der Waals surface area contributed by atoms with Crippen LogP contribution in [0.1, 0.15) is 47.0 Å². The van der Waals surface area contributed by atoms with Crippen molar-refractivity contribution in [1.82, 2.24) is 20.2 Å². The number of nitrogens with one attached hydrogen (secondary N) is 2. The fourth-order valence-corrected chi connectivity index (χ4v) is 3.92. The van der Waals surface area contributed by atoms with Crippen LogP contribution in [0.3, 0.4) is 0 Å². The Morgan fingerprint density at radius 3 is 2.83 bits per heavy atom. The number of thiazole rings is 1. The second kappa shape index (κ2) is 6.52. The van der Waals surface area contributed by atoms with Crippen molar-refractivity contribution in [1.29, 1.82) is 0 Å². The highest BCUT2D eigenvalue weighted by Crippen LogP contribution is 2.36. The largest absolute Gasteiger partial charge is 0.304 e. The molecule has 0 radical (unpaired) electrons. The molecule has 3 aromatic rings. The van der Waals surface area contributed by atoms with Crippen molar-refractivity contribution in [2.24, 2.45) is 0 Å². The van der Waals surface area contributed by atoms with Gasteiger partial charge in [-0.2, -0.15) is 5.10 Å². The molecule has 2 N–H and O–H groups in total. The second-order valence-electron chi connectivity index (χ2n) is 5.90. The SMILES string of the molecule is O=C(Nc1cc(-c2ccncc2)[nH]n1)c1scnc1C1CCCC1. The molecule has 122 valence electrons. The highest BCUT2D eigenvalue weighted by atomic mass is 32.1. The van der Waals surface area contributed by atoms with Gasteiger partial charge in [-0.15, -0.1) is 11.3 Å². The Labute approximate surface area is 143 Å². The Kier molecular flexibility index (Phi) is 4.08. The Bertz CT molecular complexity index is 836. The molecule has 6 nitrogen and oxygen atoms in total. The molecule has 0 aromatic carbocycles. The number of nitrogens with zero attached hydrogens (tertiary/aromatic N) is 3. The van der Waals surface area contributed by atoms with Crippen molar-refractivity contribution < 1.29 is 4.79 Å². The molecule has 1 amide bonds. The number of aromatic nitrogens is 4. The molecule has 0 saturated heterocycles. The number of amides is 1. The lowest BCUT2D eigenvalue weighted by Crippen LogP contribution is -2.13. The predicted octanol–water partition coefficient (Wildman–Crippen LogP) is 3.84. The highest BCUT2D eigenvalue weighted by molar-refractivity contribution is 7.12. The Hall–Kier alpha value is -2.54. The summed E-state index contributed by atoms with van der Waals surface area (Å²) in [5.74, 6) is 0.799. The molecule has 1 aliphatic carbocycles. The monoisotopic (exact) mass is 339 g/mol. The van der Waals surface area contributed by atoms with Gasteiger partial charge in [0, 0.05) is 29.9 Å². The molecule has 1 fully saturated rings. The molecule has 0 atom stereocenters. The summed E-state index contributed by atoms with van der Waals surface area (Å²) in [6, 6.07) is 5.60. The number of hydrogen-bond acceptors (Lipinski definition) is 5. The van der Waals surface area contributed by atoms with E-state index in [2.05, 4.69) is 25.5 Å². The second-order valence-corrected chi connectivity index (χ2v) is 6.76. The van der Waals surface area contributed by atoms with E-state index >= 15 is 0 Å². The Morgan fingerprint density at radius 2 is 2.04 bits per heavy atom. The number of pyridine rings is 1. The summed E-state index contributed by atoms with van der Waals surface area (Å²) < 4.78 is 0. The van der Waals surface area contributed by atoms with Gasteiger partial charge in [0.1, 0.15) is 4.88 Å².